The average molecular weight is 385 g/mol. The van der Waals surface area contributed by atoms with Gasteiger partial charge >= 0.3 is 0 Å². The number of piperidine rings is 1. The van der Waals surface area contributed by atoms with Crippen LogP contribution in [0.4, 0.5) is 0 Å². The molecule has 0 spiro atoms. The second kappa shape index (κ2) is 9.75. The molecule has 1 atom stereocenters. The first-order valence-corrected chi connectivity index (χ1v) is 8.64. The normalized spacial score (nSPS) is 16.9. The van der Waals surface area contributed by atoms with E-state index in [0.29, 0.717) is 35.5 Å². The molecule has 1 unspecified atom stereocenters. The summed E-state index contributed by atoms with van der Waals surface area (Å²) in [7, 11) is 0. The average Bonchev–Trinajstić information content (AvgIpc) is 3.09. The largest absolute Gasteiger partial charge is 0.356 e. The van der Waals surface area contributed by atoms with Crippen LogP contribution in [0.25, 0.3) is 11.4 Å². The van der Waals surface area contributed by atoms with Crippen molar-refractivity contribution in [2.45, 2.75) is 25.7 Å². The second-order valence-corrected chi connectivity index (χ2v) is 6.47. The number of rotatable bonds is 6. The Balaban J connectivity index is 0.00000225. The van der Waals surface area contributed by atoms with Gasteiger partial charge in [-0.2, -0.15) is 4.98 Å². The Labute approximate surface area is 158 Å². The molecule has 1 aromatic heterocycles. The van der Waals surface area contributed by atoms with Crippen molar-refractivity contribution in [2.75, 3.05) is 19.6 Å². The van der Waals surface area contributed by atoms with Gasteiger partial charge in [0.2, 0.25) is 17.6 Å². The van der Waals surface area contributed by atoms with E-state index in [1.807, 2.05) is 12.1 Å². The van der Waals surface area contributed by atoms with Gasteiger partial charge in [0.1, 0.15) is 0 Å². The van der Waals surface area contributed by atoms with Crippen LogP contribution in [0.1, 0.15) is 25.2 Å². The Morgan fingerprint density at radius 3 is 2.88 bits per heavy atom. The zero-order chi connectivity index (χ0) is 16.8. The van der Waals surface area contributed by atoms with Crippen molar-refractivity contribution in [1.29, 1.82) is 0 Å². The standard InChI is InChI=1S/C17H21ClN4O2.ClH/c18-14-5-3-13(4-6-14)17-21-16(24-22-17)8-7-15(23)20-11-12-2-1-9-19-10-12;/h3-6,12,19H,1-2,7-11H2,(H,20,23);1H. The van der Waals surface area contributed by atoms with Crippen molar-refractivity contribution < 1.29 is 9.32 Å². The lowest BCUT2D eigenvalue weighted by Crippen LogP contribution is -2.38. The van der Waals surface area contributed by atoms with Crippen LogP contribution in [0.3, 0.4) is 0 Å². The minimum Gasteiger partial charge on any atom is -0.356 e. The van der Waals surface area contributed by atoms with Crippen molar-refractivity contribution in [1.82, 2.24) is 20.8 Å². The summed E-state index contributed by atoms with van der Waals surface area (Å²) in [5.74, 6) is 1.53. The lowest BCUT2D eigenvalue weighted by molar-refractivity contribution is -0.121. The van der Waals surface area contributed by atoms with Crippen molar-refractivity contribution in [3.63, 3.8) is 0 Å². The molecule has 1 aromatic carbocycles. The number of hydrogen-bond acceptors (Lipinski definition) is 5. The van der Waals surface area contributed by atoms with Crippen LogP contribution >= 0.6 is 24.0 Å². The third-order valence-corrected chi connectivity index (χ3v) is 4.38. The van der Waals surface area contributed by atoms with Crippen LogP contribution in [0.15, 0.2) is 28.8 Å². The SMILES string of the molecule is Cl.O=C(CCc1nc(-c2ccc(Cl)cc2)no1)NCC1CCCNC1. The third-order valence-electron chi connectivity index (χ3n) is 4.12. The molecule has 0 saturated carbocycles. The minimum atomic E-state index is 0. The van der Waals surface area contributed by atoms with E-state index in [1.165, 1.54) is 12.8 Å². The van der Waals surface area contributed by atoms with Gasteiger partial charge in [-0.1, -0.05) is 16.8 Å². The predicted octanol–water partition coefficient (Wildman–Crippen LogP) is 2.86. The Morgan fingerprint density at radius 1 is 1.36 bits per heavy atom. The van der Waals surface area contributed by atoms with Crippen molar-refractivity contribution in [2.24, 2.45) is 5.92 Å². The summed E-state index contributed by atoms with van der Waals surface area (Å²) in [5, 5.41) is 10.9. The van der Waals surface area contributed by atoms with Crippen LogP contribution in [0.5, 0.6) is 0 Å². The highest BCUT2D eigenvalue weighted by molar-refractivity contribution is 6.30. The van der Waals surface area contributed by atoms with E-state index < -0.39 is 0 Å². The fourth-order valence-electron chi connectivity index (χ4n) is 2.74. The summed E-state index contributed by atoms with van der Waals surface area (Å²) >= 11 is 5.86. The van der Waals surface area contributed by atoms with Gasteiger partial charge in [-0.3, -0.25) is 4.79 Å². The van der Waals surface area contributed by atoms with Gasteiger partial charge in [-0.15, -0.1) is 12.4 Å². The maximum Gasteiger partial charge on any atom is 0.227 e. The van der Waals surface area contributed by atoms with Crippen LogP contribution < -0.4 is 10.6 Å². The number of nitrogens with one attached hydrogen (secondary N) is 2. The van der Waals surface area contributed by atoms with Crippen LogP contribution in [0, 0.1) is 5.92 Å². The molecular weight excluding hydrogens is 363 g/mol. The van der Waals surface area contributed by atoms with E-state index in [4.69, 9.17) is 16.1 Å². The number of carbonyl (C=O) groups is 1. The second-order valence-electron chi connectivity index (χ2n) is 6.04. The monoisotopic (exact) mass is 384 g/mol. The number of aryl methyl sites for hydroxylation is 1. The minimum absolute atomic E-state index is 0. The summed E-state index contributed by atoms with van der Waals surface area (Å²) in [4.78, 5) is 16.3. The lowest BCUT2D eigenvalue weighted by Gasteiger charge is -2.22. The molecule has 6 nitrogen and oxygen atoms in total. The van der Waals surface area contributed by atoms with Gasteiger partial charge in [0.25, 0.3) is 0 Å². The van der Waals surface area contributed by atoms with Gasteiger partial charge < -0.3 is 15.2 Å². The van der Waals surface area contributed by atoms with Gasteiger partial charge in [-0.05, 0) is 56.1 Å². The first kappa shape index (κ1) is 19.7. The molecule has 136 valence electrons. The molecule has 8 heteroatoms. The Kier molecular flexibility index (Phi) is 7.68. The summed E-state index contributed by atoms with van der Waals surface area (Å²) in [5.41, 5.74) is 0.837. The summed E-state index contributed by atoms with van der Waals surface area (Å²) in [6.07, 6.45) is 3.13. The molecule has 1 aliphatic heterocycles. The molecule has 1 aliphatic rings. The van der Waals surface area contributed by atoms with Crippen molar-refractivity contribution in [3.8, 4) is 11.4 Å². The van der Waals surface area contributed by atoms with Crippen LogP contribution in [-0.2, 0) is 11.2 Å². The lowest BCUT2D eigenvalue weighted by atomic mass is 10.00. The zero-order valence-electron chi connectivity index (χ0n) is 13.8. The highest BCUT2D eigenvalue weighted by Crippen LogP contribution is 2.19. The zero-order valence-corrected chi connectivity index (χ0v) is 15.4. The number of nitrogens with zero attached hydrogens (tertiary/aromatic N) is 2. The Morgan fingerprint density at radius 2 is 2.16 bits per heavy atom. The summed E-state index contributed by atoms with van der Waals surface area (Å²) in [6.45, 7) is 2.79. The van der Waals surface area contributed by atoms with E-state index in [-0.39, 0.29) is 18.3 Å². The number of hydrogen-bond donors (Lipinski definition) is 2. The molecule has 2 aromatic rings. The smallest absolute Gasteiger partial charge is 0.227 e. The molecule has 25 heavy (non-hydrogen) atoms. The number of aromatic nitrogens is 2. The molecule has 2 heterocycles. The first-order valence-electron chi connectivity index (χ1n) is 8.26. The van der Waals surface area contributed by atoms with Crippen LogP contribution in [0.2, 0.25) is 5.02 Å². The highest BCUT2D eigenvalue weighted by Gasteiger charge is 2.15. The molecule has 0 aliphatic carbocycles. The Bertz CT molecular complexity index is 670. The topological polar surface area (TPSA) is 80.0 Å². The van der Waals surface area contributed by atoms with Crippen molar-refractivity contribution in [3.05, 3.63) is 35.2 Å². The molecular formula is C17H22Cl2N4O2. The van der Waals surface area contributed by atoms with Crippen molar-refractivity contribution >= 4 is 29.9 Å². The Hall–Kier alpha value is -1.63. The van der Waals surface area contributed by atoms with Gasteiger partial charge in [0.05, 0.1) is 0 Å². The number of halogens is 2. The van der Waals surface area contributed by atoms with Crippen LogP contribution in [-0.4, -0.2) is 35.7 Å². The molecule has 2 N–H and O–H groups in total. The van der Waals surface area contributed by atoms with E-state index in [2.05, 4.69) is 20.8 Å². The maximum atomic E-state index is 11.9. The third kappa shape index (κ3) is 5.99. The molecule has 1 fully saturated rings. The maximum absolute atomic E-state index is 11.9. The van der Waals surface area contributed by atoms with Gasteiger partial charge in [0, 0.05) is 30.0 Å². The van der Waals surface area contributed by atoms with E-state index >= 15 is 0 Å². The predicted molar refractivity (Wildman–Crippen MR) is 98.9 cm³/mol. The van der Waals surface area contributed by atoms with E-state index in [0.717, 1.165) is 25.2 Å². The van der Waals surface area contributed by atoms with Gasteiger partial charge in [-0.25, -0.2) is 0 Å². The summed E-state index contributed by atoms with van der Waals surface area (Å²) in [6, 6.07) is 7.23. The molecule has 0 bridgehead atoms. The highest BCUT2D eigenvalue weighted by atomic mass is 35.5. The molecule has 3 rings (SSSR count). The molecule has 1 amide bonds. The molecule has 1 saturated heterocycles. The number of amides is 1. The number of benzene rings is 1. The van der Waals surface area contributed by atoms with E-state index in [1.54, 1.807) is 12.1 Å². The first-order chi connectivity index (χ1) is 11.7. The fourth-order valence-corrected chi connectivity index (χ4v) is 2.86. The fraction of sp³-hybridized carbons (Fsp3) is 0.471. The quantitative estimate of drug-likeness (QED) is 0.800. The van der Waals surface area contributed by atoms with Gasteiger partial charge in [0.15, 0.2) is 0 Å². The summed E-state index contributed by atoms with van der Waals surface area (Å²) < 4.78 is 5.21. The number of carbonyl (C=O) groups excluding carboxylic acids is 1. The van der Waals surface area contributed by atoms with E-state index in [9.17, 15) is 4.79 Å². The molecule has 0 radical (unpaired) electrons.